The minimum Gasteiger partial charge on any atom is -0.267 e. The Morgan fingerprint density at radius 3 is 2.26 bits per heavy atom. The van der Waals surface area contributed by atoms with Crippen LogP contribution in [0.2, 0.25) is 0 Å². The minimum absolute atomic E-state index is 0.0365. The summed E-state index contributed by atoms with van der Waals surface area (Å²) in [6, 6.07) is 4.04. The molecule has 0 bridgehead atoms. The number of rotatable bonds is 5. The van der Waals surface area contributed by atoms with Gasteiger partial charge in [-0.2, -0.15) is 19.8 Å². The number of unbranched alkanes of at least 4 members (excludes halogenated alkanes) is 1. The van der Waals surface area contributed by atoms with Crippen LogP contribution in [-0.2, 0) is 14.3 Å². The molecule has 5 heteroatoms. The lowest BCUT2D eigenvalue weighted by Crippen LogP contribution is -2.22. The van der Waals surface area contributed by atoms with Crippen LogP contribution in [0.3, 0.4) is 0 Å². The fraction of sp³-hybridized carbons (Fsp3) is 0.714. The van der Waals surface area contributed by atoms with E-state index in [0.29, 0.717) is 6.42 Å². The lowest BCUT2D eigenvalue weighted by Gasteiger charge is -2.21. The third kappa shape index (κ3) is 8.39. The van der Waals surface area contributed by atoms with Gasteiger partial charge >= 0.3 is 0 Å². The molecule has 1 aromatic rings. The maximum absolute atomic E-state index is 11.4. The van der Waals surface area contributed by atoms with Crippen molar-refractivity contribution in [2.45, 2.75) is 58.0 Å². The van der Waals surface area contributed by atoms with Crippen molar-refractivity contribution < 1.29 is 12.6 Å². The van der Waals surface area contributed by atoms with E-state index in [4.69, 9.17) is 4.18 Å². The standard InChI is InChI=1S/C10H20O3S.C4H4S/c1-2-3-9-14(11,12)13-10-7-5-4-6-8-10;1-2-4-5-3-1/h10H,2-9H2,1H3;1-4H. The van der Waals surface area contributed by atoms with E-state index in [1.807, 2.05) is 29.8 Å². The minimum atomic E-state index is -3.24. The van der Waals surface area contributed by atoms with Gasteiger partial charge in [0.1, 0.15) is 0 Å². The second-order valence-electron chi connectivity index (χ2n) is 4.76. The van der Waals surface area contributed by atoms with Gasteiger partial charge in [-0.25, -0.2) is 0 Å². The molecule has 1 saturated carbocycles. The highest BCUT2D eigenvalue weighted by atomic mass is 32.2. The summed E-state index contributed by atoms with van der Waals surface area (Å²) >= 11 is 1.71. The molecule has 1 aromatic heterocycles. The molecule has 0 radical (unpaired) electrons. The van der Waals surface area contributed by atoms with Gasteiger partial charge in [-0.1, -0.05) is 44.7 Å². The molecule has 0 spiro atoms. The van der Waals surface area contributed by atoms with E-state index in [1.54, 1.807) is 11.3 Å². The second-order valence-corrected chi connectivity index (χ2v) is 7.30. The average molecular weight is 304 g/mol. The summed E-state index contributed by atoms with van der Waals surface area (Å²) in [5.74, 6) is 0.181. The molecular weight excluding hydrogens is 280 g/mol. The number of thiophene rings is 1. The van der Waals surface area contributed by atoms with Gasteiger partial charge in [0.25, 0.3) is 10.1 Å². The van der Waals surface area contributed by atoms with Crippen molar-refractivity contribution in [3.05, 3.63) is 22.9 Å². The van der Waals surface area contributed by atoms with Crippen LogP contribution in [0.4, 0.5) is 0 Å². The largest absolute Gasteiger partial charge is 0.267 e. The van der Waals surface area contributed by atoms with Gasteiger partial charge in [0, 0.05) is 0 Å². The Morgan fingerprint density at radius 1 is 1.16 bits per heavy atom. The predicted octanol–water partition coefficient (Wildman–Crippen LogP) is 4.21. The Balaban J connectivity index is 0.000000300. The monoisotopic (exact) mass is 304 g/mol. The molecule has 0 N–H and O–H groups in total. The van der Waals surface area contributed by atoms with Crippen molar-refractivity contribution >= 4 is 21.5 Å². The summed E-state index contributed by atoms with van der Waals surface area (Å²) in [5.41, 5.74) is 0. The van der Waals surface area contributed by atoms with Crippen molar-refractivity contribution in [2.24, 2.45) is 0 Å². The van der Waals surface area contributed by atoms with Gasteiger partial charge < -0.3 is 0 Å². The van der Waals surface area contributed by atoms with Gasteiger partial charge in [-0.15, -0.1) is 0 Å². The van der Waals surface area contributed by atoms with E-state index < -0.39 is 10.1 Å². The van der Waals surface area contributed by atoms with Gasteiger partial charge in [0.15, 0.2) is 0 Å². The smallest absolute Gasteiger partial charge is 0.267 e. The first-order valence-electron chi connectivity index (χ1n) is 7.02. The Labute approximate surface area is 121 Å². The van der Waals surface area contributed by atoms with Crippen LogP contribution in [0.15, 0.2) is 22.9 Å². The van der Waals surface area contributed by atoms with Gasteiger partial charge in [0.05, 0.1) is 11.9 Å². The van der Waals surface area contributed by atoms with E-state index in [-0.39, 0.29) is 11.9 Å². The third-order valence-electron chi connectivity index (χ3n) is 3.01. The molecule has 2 rings (SSSR count). The molecule has 19 heavy (non-hydrogen) atoms. The molecule has 0 unspecified atom stereocenters. The molecule has 1 aliphatic rings. The van der Waals surface area contributed by atoms with Crippen LogP contribution in [0.1, 0.15) is 51.9 Å². The summed E-state index contributed by atoms with van der Waals surface area (Å²) < 4.78 is 28.0. The zero-order valence-electron chi connectivity index (χ0n) is 11.6. The van der Waals surface area contributed by atoms with Crippen molar-refractivity contribution in [2.75, 3.05) is 5.75 Å². The maximum atomic E-state index is 11.4. The topological polar surface area (TPSA) is 43.4 Å². The Kier molecular flexibility index (Phi) is 8.34. The van der Waals surface area contributed by atoms with Crippen LogP contribution >= 0.6 is 11.3 Å². The predicted molar refractivity (Wildman–Crippen MR) is 81.0 cm³/mol. The van der Waals surface area contributed by atoms with E-state index in [1.165, 1.54) is 6.42 Å². The number of hydrogen-bond donors (Lipinski definition) is 0. The second kappa shape index (κ2) is 9.50. The van der Waals surface area contributed by atoms with Crippen molar-refractivity contribution in [1.82, 2.24) is 0 Å². The molecule has 3 nitrogen and oxygen atoms in total. The fourth-order valence-electron chi connectivity index (χ4n) is 1.96. The van der Waals surface area contributed by atoms with E-state index in [2.05, 4.69) is 0 Å². The first kappa shape index (κ1) is 16.7. The summed E-state index contributed by atoms with van der Waals surface area (Å²) in [6.45, 7) is 1.98. The average Bonchev–Trinajstić information content (AvgIpc) is 2.96. The van der Waals surface area contributed by atoms with Crippen LogP contribution < -0.4 is 0 Å². The van der Waals surface area contributed by atoms with Gasteiger partial charge in [-0.05, 0) is 30.0 Å². The molecule has 0 aliphatic heterocycles. The normalized spacial score (nSPS) is 16.7. The first-order valence-corrected chi connectivity index (χ1v) is 9.54. The summed E-state index contributed by atoms with van der Waals surface area (Å²) in [6.07, 6.45) is 6.81. The molecule has 0 saturated heterocycles. The maximum Gasteiger partial charge on any atom is 0.267 e. The van der Waals surface area contributed by atoms with Gasteiger partial charge in [-0.3, -0.25) is 4.18 Å². The Morgan fingerprint density at radius 2 is 1.79 bits per heavy atom. The van der Waals surface area contributed by atoms with E-state index >= 15 is 0 Å². The summed E-state index contributed by atoms with van der Waals surface area (Å²) in [4.78, 5) is 0. The highest BCUT2D eigenvalue weighted by Gasteiger charge is 2.20. The molecule has 0 aromatic carbocycles. The molecule has 1 fully saturated rings. The first-order chi connectivity index (χ1) is 9.14. The highest BCUT2D eigenvalue weighted by Crippen LogP contribution is 2.22. The van der Waals surface area contributed by atoms with Gasteiger partial charge in [0.2, 0.25) is 0 Å². The SMILES string of the molecule is CCCCS(=O)(=O)OC1CCCCC1.c1ccsc1. The molecule has 1 heterocycles. The zero-order valence-corrected chi connectivity index (χ0v) is 13.2. The lowest BCUT2D eigenvalue weighted by molar-refractivity contribution is 0.162. The van der Waals surface area contributed by atoms with Crippen molar-refractivity contribution in [3.8, 4) is 0 Å². The lowest BCUT2D eigenvalue weighted by atomic mass is 9.98. The zero-order chi connectivity index (χ0) is 14.0. The van der Waals surface area contributed by atoms with E-state index in [9.17, 15) is 8.42 Å². The van der Waals surface area contributed by atoms with Crippen LogP contribution in [-0.4, -0.2) is 20.3 Å². The number of hydrogen-bond acceptors (Lipinski definition) is 4. The molecular formula is C14H24O3S2. The van der Waals surface area contributed by atoms with Crippen molar-refractivity contribution in [1.29, 1.82) is 0 Å². The third-order valence-corrected chi connectivity index (χ3v) is 4.99. The molecule has 1 aliphatic carbocycles. The fourth-order valence-corrected chi connectivity index (χ4v) is 3.76. The van der Waals surface area contributed by atoms with Crippen LogP contribution in [0, 0.1) is 0 Å². The van der Waals surface area contributed by atoms with Crippen LogP contribution in [0.25, 0.3) is 0 Å². The molecule has 0 amide bonds. The van der Waals surface area contributed by atoms with Crippen LogP contribution in [0.5, 0.6) is 0 Å². The molecule has 110 valence electrons. The Bertz CT molecular complexity index is 375. The van der Waals surface area contributed by atoms with E-state index in [0.717, 1.165) is 32.1 Å². The quantitative estimate of drug-likeness (QED) is 0.765. The highest BCUT2D eigenvalue weighted by molar-refractivity contribution is 7.86. The summed E-state index contributed by atoms with van der Waals surface area (Å²) in [7, 11) is -3.24. The van der Waals surface area contributed by atoms with Crippen molar-refractivity contribution in [3.63, 3.8) is 0 Å². The summed E-state index contributed by atoms with van der Waals surface area (Å²) in [5, 5.41) is 4.08. The Hall–Kier alpha value is -0.390. The molecule has 0 atom stereocenters.